The van der Waals surface area contributed by atoms with Crippen molar-refractivity contribution in [2.45, 2.75) is 18.7 Å². The number of rotatable bonds is 5. The zero-order chi connectivity index (χ0) is 15.5. The number of nitrogens with two attached hydrogens (primary N) is 1. The van der Waals surface area contributed by atoms with Gasteiger partial charge in [0, 0.05) is 34.9 Å². The topological polar surface area (TPSA) is 106 Å². The number of nitrogens with one attached hydrogen (secondary N) is 1. The minimum atomic E-state index is -3.87. The van der Waals surface area contributed by atoms with Crippen molar-refractivity contribution in [1.82, 2.24) is 5.32 Å². The second-order valence-electron chi connectivity index (χ2n) is 4.49. The molecule has 1 unspecified atom stereocenters. The first-order chi connectivity index (χ1) is 9.12. The van der Waals surface area contributed by atoms with Crippen LogP contribution in [0.2, 0.25) is 0 Å². The monoisotopic (exact) mass is 318 g/mol. The largest absolute Gasteiger partial charge is 0.351 e. The summed E-state index contributed by atoms with van der Waals surface area (Å²) in [5.74, 6) is -0.0676. The molecule has 0 bridgehead atoms. The molecule has 3 N–H and O–H groups in total. The van der Waals surface area contributed by atoms with Gasteiger partial charge in [-0.3, -0.25) is 9.00 Å². The molecule has 0 aromatic heterocycles. The molecule has 0 heterocycles. The highest BCUT2D eigenvalue weighted by Gasteiger charge is 2.17. The summed E-state index contributed by atoms with van der Waals surface area (Å²) in [4.78, 5) is 11.9. The Hall–Kier alpha value is -1.25. The van der Waals surface area contributed by atoms with Gasteiger partial charge in [-0.25, -0.2) is 13.6 Å². The van der Waals surface area contributed by atoms with Crippen molar-refractivity contribution < 1.29 is 17.4 Å². The van der Waals surface area contributed by atoms with Crippen molar-refractivity contribution in [3.8, 4) is 0 Å². The number of sulfonamides is 1. The molecule has 0 radical (unpaired) electrons. The first-order valence-corrected chi connectivity index (χ1v) is 9.12. The lowest BCUT2D eigenvalue weighted by atomic mass is 10.1. The maximum atomic E-state index is 11.9. The number of carbonyl (C=O) groups excluding carboxylic acids is 1. The fourth-order valence-corrected chi connectivity index (χ4v) is 2.93. The van der Waals surface area contributed by atoms with Crippen LogP contribution in [0.4, 0.5) is 0 Å². The molecule has 1 rings (SSSR count). The Labute approximate surface area is 121 Å². The zero-order valence-corrected chi connectivity index (χ0v) is 13.2. The molecule has 0 saturated carbocycles. The van der Waals surface area contributed by atoms with Crippen molar-refractivity contribution in [3.05, 3.63) is 28.8 Å². The summed E-state index contributed by atoms with van der Waals surface area (Å²) in [6.45, 7) is 3.61. The fourth-order valence-electron chi connectivity index (χ4n) is 1.66. The lowest BCUT2D eigenvalue weighted by molar-refractivity contribution is 0.0956. The molecule has 1 aromatic rings. The summed E-state index contributed by atoms with van der Waals surface area (Å²) in [5, 5.41) is 7.72. The summed E-state index contributed by atoms with van der Waals surface area (Å²) >= 11 is 0. The summed E-state index contributed by atoms with van der Waals surface area (Å²) in [6, 6.07) is 2.86. The van der Waals surface area contributed by atoms with Gasteiger partial charge in [0.15, 0.2) is 0 Å². The summed E-state index contributed by atoms with van der Waals surface area (Å²) < 4.78 is 33.9. The molecule has 0 fully saturated rings. The lowest BCUT2D eigenvalue weighted by Crippen LogP contribution is -2.28. The van der Waals surface area contributed by atoms with Crippen LogP contribution in [0.3, 0.4) is 0 Å². The van der Waals surface area contributed by atoms with Gasteiger partial charge in [-0.15, -0.1) is 0 Å². The molecule has 0 saturated heterocycles. The van der Waals surface area contributed by atoms with Crippen LogP contribution in [0.25, 0.3) is 0 Å². The van der Waals surface area contributed by atoms with Gasteiger partial charge in [-0.2, -0.15) is 0 Å². The van der Waals surface area contributed by atoms with Crippen molar-refractivity contribution in [2.75, 3.05) is 18.6 Å². The van der Waals surface area contributed by atoms with Crippen LogP contribution < -0.4 is 10.5 Å². The molecule has 8 heteroatoms. The van der Waals surface area contributed by atoms with Gasteiger partial charge in [0.1, 0.15) is 0 Å². The number of hydrogen-bond acceptors (Lipinski definition) is 4. The Bertz CT molecular complexity index is 654. The van der Waals surface area contributed by atoms with Crippen molar-refractivity contribution in [2.24, 2.45) is 5.14 Å². The van der Waals surface area contributed by atoms with Crippen LogP contribution >= 0.6 is 0 Å². The maximum Gasteiger partial charge on any atom is 0.251 e. The molecule has 0 aliphatic rings. The van der Waals surface area contributed by atoms with Crippen molar-refractivity contribution in [1.29, 1.82) is 0 Å². The predicted molar refractivity (Wildman–Crippen MR) is 78.6 cm³/mol. The van der Waals surface area contributed by atoms with Crippen LogP contribution in [0.15, 0.2) is 17.0 Å². The van der Waals surface area contributed by atoms with Crippen molar-refractivity contribution in [3.63, 3.8) is 0 Å². The minimum Gasteiger partial charge on any atom is -0.351 e. The molecule has 112 valence electrons. The van der Waals surface area contributed by atoms with E-state index >= 15 is 0 Å². The van der Waals surface area contributed by atoms with Gasteiger partial charge in [-0.05, 0) is 37.1 Å². The van der Waals surface area contributed by atoms with Crippen LogP contribution in [0.1, 0.15) is 21.5 Å². The van der Waals surface area contributed by atoms with Gasteiger partial charge in [-0.1, -0.05) is 0 Å². The third-order valence-corrected chi connectivity index (χ3v) is 4.68. The molecule has 0 aliphatic heterocycles. The number of carbonyl (C=O) groups is 1. The third kappa shape index (κ3) is 4.39. The number of primary sulfonamides is 1. The highest BCUT2D eigenvalue weighted by molar-refractivity contribution is 7.89. The van der Waals surface area contributed by atoms with Gasteiger partial charge >= 0.3 is 0 Å². The number of aryl methyl sites for hydroxylation is 1. The quantitative estimate of drug-likeness (QED) is 0.800. The Balaban J connectivity index is 3.05. The van der Waals surface area contributed by atoms with E-state index in [1.807, 2.05) is 0 Å². The molecule has 0 spiro atoms. The Morgan fingerprint density at radius 1 is 1.35 bits per heavy atom. The summed E-state index contributed by atoms with van der Waals surface area (Å²) in [5.41, 5.74) is 1.42. The van der Waals surface area contributed by atoms with E-state index in [4.69, 9.17) is 5.14 Å². The first-order valence-electron chi connectivity index (χ1n) is 5.85. The zero-order valence-electron chi connectivity index (χ0n) is 11.6. The van der Waals surface area contributed by atoms with Crippen LogP contribution in [-0.4, -0.2) is 37.1 Å². The molecular weight excluding hydrogens is 300 g/mol. The lowest BCUT2D eigenvalue weighted by Gasteiger charge is -2.10. The van der Waals surface area contributed by atoms with Gasteiger partial charge < -0.3 is 5.32 Å². The fraction of sp³-hybridized carbons (Fsp3) is 0.417. The van der Waals surface area contributed by atoms with E-state index in [1.165, 1.54) is 6.07 Å². The van der Waals surface area contributed by atoms with E-state index in [1.54, 1.807) is 26.2 Å². The molecule has 1 aromatic carbocycles. The molecular formula is C12H18N2O4S2. The van der Waals surface area contributed by atoms with Crippen LogP contribution in [-0.2, 0) is 20.8 Å². The van der Waals surface area contributed by atoms with E-state index in [-0.39, 0.29) is 17.0 Å². The normalized spacial score (nSPS) is 13.0. The standard InChI is InChI=1S/C12H18N2O4S2/c1-8-6-10(12(15)14-4-5-19(3)16)7-11(9(8)2)20(13,17)18/h6-7H,4-5H2,1-3H3,(H,14,15)(H2,13,17,18). The minimum absolute atomic E-state index is 0.0540. The highest BCUT2D eigenvalue weighted by atomic mass is 32.2. The van der Waals surface area contributed by atoms with Crippen LogP contribution in [0.5, 0.6) is 0 Å². The molecule has 1 amide bonds. The number of amides is 1. The second-order valence-corrected chi connectivity index (χ2v) is 7.58. The molecule has 6 nitrogen and oxygen atoms in total. The Morgan fingerprint density at radius 2 is 1.95 bits per heavy atom. The molecule has 1 atom stereocenters. The van der Waals surface area contributed by atoms with E-state index in [0.29, 0.717) is 16.9 Å². The third-order valence-electron chi connectivity index (χ3n) is 2.86. The van der Waals surface area contributed by atoms with E-state index in [0.717, 1.165) is 0 Å². The van der Waals surface area contributed by atoms with Gasteiger partial charge in [0.2, 0.25) is 10.0 Å². The van der Waals surface area contributed by atoms with E-state index in [2.05, 4.69) is 5.32 Å². The molecule has 0 aliphatic carbocycles. The Morgan fingerprint density at radius 3 is 2.45 bits per heavy atom. The highest BCUT2D eigenvalue weighted by Crippen LogP contribution is 2.20. The number of hydrogen-bond donors (Lipinski definition) is 2. The van der Waals surface area contributed by atoms with Crippen LogP contribution in [0, 0.1) is 13.8 Å². The SMILES string of the molecule is Cc1cc(C(=O)NCCS(C)=O)cc(S(N)(=O)=O)c1C. The second kappa shape index (κ2) is 6.47. The number of benzene rings is 1. The maximum absolute atomic E-state index is 11.9. The van der Waals surface area contributed by atoms with Gasteiger partial charge in [0.05, 0.1) is 4.90 Å². The molecule has 20 heavy (non-hydrogen) atoms. The van der Waals surface area contributed by atoms with E-state index < -0.39 is 26.7 Å². The summed E-state index contributed by atoms with van der Waals surface area (Å²) in [7, 11) is -4.87. The van der Waals surface area contributed by atoms with Gasteiger partial charge in [0.25, 0.3) is 5.91 Å². The average Bonchev–Trinajstić information content (AvgIpc) is 2.30. The average molecular weight is 318 g/mol. The summed E-state index contributed by atoms with van der Waals surface area (Å²) in [6.07, 6.45) is 1.54. The smallest absolute Gasteiger partial charge is 0.251 e. The first kappa shape index (κ1) is 16.8. The van der Waals surface area contributed by atoms with E-state index in [9.17, 15) is 17.4 Å². The predicted octanol–water partition coefficient (Wildman–Crippen LogP) is 0.0591. The van der Waals surface area contributed by atoms with Crippen molar-refractivity contribution >= 4 is 26.7 Å². The Kier molecular flexibility index (Phi) is 5.43.